The van der Waals surface area contributed by atoms with Gasteiger partial charge in [-0.3, -0.25) is 9.59 Å². The summed E-state index contributed by atoms with van der Waals surface area (Å²) in [6.45, 7) is 2.39. The van der Waals surface area contributed by atoms with Gasteiger partial charge in [0.2, 0.25) is 0 Å². The van der Waals surface area contributed by atoms with E-state index in [1.165, 1.54) is 49.1 Å². The molecule has 8 nitrogen and oxygen atoms in total. The second-order valence-electron chi connectivity index (χ2n) is 15.7. The molecule has 1 fully saturated rings. The summed E-state index contributed by atoms with van der Waals surface area (Å²) in [5.41, 5.74) is 14.0. The SMILES string of the molecule is COc1cc(/C=C/C(=O)CC(=O)CCC[C@H](CCCO)CCC2CCNCC2)c(CC2=CNC(N)C=C2CCc2cccc(CCc3ccccc3)c2)cc1O. The van der Waals surface area contributed by atoms with Crippen molar-refractivity contribution in [1.29, 1.82) is 0 Å². The maximum absolute atomic E-state index is 13.0. The number of benzene rings is 3. The number of aryl methyl sites for hydroxylation is 3. The van der Waals surface area contributed by atoms with Gasteiger partial charge in [-0.25, -0.2) is 0 Å². The molecular formula is C48H63N3O5. The number of piperidine rings is 1. The van der Waals surface area contributed by atoms with Crippen molar-refractivity contribution in [3.05, 3.63) is 124 Å². The number of carbonyl (C=O) groups is 2. The molecule has 2 aliphatic heterocycles. The summed E-state index contributed by atoms with van der Waals surface area (Å²) in [5.74, 6) is 1.32. The predicted octanol–water partition coefficient (Wildman–Crippen LogP) is 7.94. The number of nitrogens with one attached hydrogen (secondary N) is 2. The molecule has 0 aromatic heterocycles. The molecule has 2 heterocycles. The summed E-state index contributed by atoms with van der Waals surface area (Å²) in [4.78, 5) is 25.9. The first kappa shape index (κ1) is 42.6. The van der Waals surface area contributed by atoms with Gasteiger partial charge in [-0.15, -0.1) is 0 Å². The van der Waals surface area contributed by atoms with E-state index >= 15 is 0 Å². The third-order valence-corrected chi connectivity index (χ3v) is 11.4. The van der Waals surface area contributed by atoms with Gasteiger partial charge in [0.15, 0.2) is 17.3 Å². The van der Waals surface area contributed by atoms with Crippen molar-refractivity contribution in [2.75, 3.05) is 26.8 Å². The molecule has 1 unspecified atom stereocenters. The molecule has 0 amide bonds. The smallest absolute Gasteiger partial charge is 0.163 e. The maximum Gasteiger partial charge on any atom is 0.163 e. The number of phenolic OH excluding ortho intramolecular Hbond substituents is 1. The standard InChI is InChI=1S/C48H63N3O5/c1-56-47-31-40(21-22-45(54)33-44(53)14-6-10-36(13-7-27-52)15-16-37-23-25-50-26-24-37)42(30-46(47)55)29-43-34-51-48(49)32-41(43)20-19-39-12-5-11-38(28-39)18-17-35-8-3-2-4-9-35/h2-5,8-9,11-12,21-22,28,30-32,34,36-37,48,50-52,55H,6-7,10,13-20,23-27,29,33,49H2,1H3/b22-21+/t36-,48?/m1/s1. The highest BCUT2D eigenvalue weighted by molar-refractivity contribution is 6.06. The van der Waals surface area contributed by atoms with E-state index in [4.69, 9.17) is 10.5 Å². The molecule has 300 valence electrons. The van der Waals surface area contributed by atoms with E-state index in [9.17, 15) is 19.8 Å². The van der Waals surface area contributed by atoms with Crippen molar-refractivity contribution in [3.8, 4) is 11.5 Å². The fourth-order valence-corrected chi connectivity index (χ4v) is 8.09. The number of carbonyl (C=O) groups excluding carboxylic acids is 2. The molecule has 2 atom stereocenters. The second kappa shape index (κ2) is 22.9. The third-order valence-electron chi connectivity index (χ3n) is 11.4. The normalized spacial score (nSPS) is 16.6. The van der Waals surface area contributed by atoms with E-state index in [-0.39, 0.29) is 36.5 Å². The van der Waals surface area contributed by atoms with Gasteiger partial charge in [-0.1, -0.05) is 79.9 Å². The molecule has 3 aromatic rings. The lowest BCUT2D eigenvalue weighted by molar-refractivity contribution is -0.124. The molecule has 1 saturated heterocycles. The number of ether oxygens (including phenoxy) is 1. The van der Waals surface area contributed by atoms with Gasteiger partial charge in [-0.05, 0) is 152 Å². The molecule has 0 spiro atoms. The Kier molecular flexibility index (Phi) is 17.4. The molecule has 56 heavy (non-hydrogen) atoms. The van der Waals surface area contributed by atoms with Crippen LogP contribution in [0.2, 0.25) is 0 Å². The van der Waals surface area contributed by atoms with Crippen LogP contribution in [-0.2, 0) is 35.3 Å². The van der Waals surface area contributed by atoms with E-state index < -0.39 is 0 Å². The first-order valence-corrected chi connectivity index (χ1v) is 20.8. The molecule has 6 N–H and O–H groups in total. The molecule has 8 heteroatoms. The van der Waals surface area contributed by atoms with Crippen LogP contribution in [0.15, 0.2) is 96.2 Å². The minimum absolute atomic E-state index is 0.0214. The van der Waals surface area contributed by atoms with E-state index in [1.54, 1.807) is 18.2 Å². The lowest BCUT2D eigenvalue weighted by Crippen LogP contribution is -2.35. The van der Waals surface area contributed by atoms with Gasteiger partial charge >= 0.3 is 0 Å². The predicted molar refractivity (Wildman–Crippen MR) is 226 cm³/mol. The monoisotopic (exact) mass is 761 g/mol. The van der Waals surface area contributed by atoms with E-state index in [0.717, 1.165) is 99.1 Å². The Hall–Kier alpha value is -4.50. The number of Topliss-reactive ketones (excluding diaryl/α,β-unsaturated/α-hetero) is 1. The number of rotatable bonds is 23. The zero-order valence-electron chi connectivity index (χ0n) is 33.3. The Labute approximate surface area is 334 Å². The topological polar surface area (TPSA) is 134 Å². The van der Waals surface area contributed by atoms with Crippen LogP contribution in [0.4, 0.5) is 0 Å². The molecular weight excluding hydrogens is 699 g/mol. The Morgan fingerprint density at radius 2 is 1.61 bits per heavy atom. The number of methoxy groups -OCH3 is 1. The Morgan fingerprint density at radius 1 is 0.893 bits per heavy atom. The van der Waals surface area contributed by atoms with E-state index in [1.807, 2.05) is 12.3 Å². The Balaban J connectivity index is 1.16. The zero-order chi connectivity index (χ0) is 39.5. The highest BCUT2D eigenvalue weighted by Gasteiger charge is 2.19. The van der Waals surface area contributed by atoms with Crippen molar-refractivity contribution < 1.29 is 24.5 Å². The molecule has 2 aliphatic rings. The number of aromatic hydroxyl groups is 1. The van der Waals surface area contributed by atoms with Crippen molar-refractivity contribution in [2.24, 2.45) is 17.6 Å². The number of hydrogen-bond donors (Lipinski definition) is 5. The summed E-state index contributed by atoms with van der Waals surface area (Å²) in [7, 11) is 1.50. The number of dihydropyridines is 1. The molecule has 0 saturated carbocycles. The van der Waals surface area contributed by atoms with Crippen molar-refractivity contribution >= 4 is 17.6 Å². The average Bonchev–Trinajstić information content (AvgIpc) is 3.21. The van der Waals surface area contributed by atoms with E-state index in [2.05, 4.69) is 65.2 Å². The Morgan fingerprint density at radius 3 is 2.36 bits per heavy atom. The van der Waals surface area contributed by atoms with Gasteiger partial charge in [-0.2, -0.15) is 0 Å². The van der Waals surface area contributed by atoms with Crippen LogP contribution in [0.5, 0.6) is 11.5 Å². The van der Waals surface area contributed by atoms with Crippen LogP contribution in [0.3, 0.4) is 0 Å². The van der Waals surface area contributed by atoms with Crippen LogP contribution < -0.4 is 21.1 Å². The van der Waals surface area contributed by atoms with Gasteiger partial charge in [0.25, 0.3) is 0 Å². The lowest BCUT2D eigenvalue weighted by Gasteiger charge is -2.25. The number of aliphatic hydroxyl groups excluding tert-OH is 1. The van der Waals surface area contributed by atoms with Crippen LogP contribution in [0.25, 0.3) is 6.08 Å². The summed E-state index contributed by atoms with van der Waals surface area (Å²) < 4.78 is 5.42. The molecule has 5 rings (SSSR count). The fraction of sp³-hybridized carbons (Fsp3) is 0.458. The van der Waals surface area contributed by atoms with Gasteiger partial charge < -0.3 is 31.3 Å². The maximum atomic E-state index is 13.0. The minimum atomic E-state index is -0.296. The van der Waals surface area contributed by atoms with E-state index in [0.29, 0.717) is 24.5 Å². The average molecular weight is 762 g/mol. The number of aliphatic hydroxyl groups is 1. The Bertz CT molecular complexity index is 1790. The number of ketones is 2. The minimum Gasteiger partial charge on any atom is -0.504 e. The van der Waals surface area contributed by atoms with Crippen LogP contribution >= 0.6 is 0 Å². The molecule has 0 radical (unpaired) electrons. The molecule has 3 aromatic carbocycles. The summed E-state index contributed by atoms with van der Waals surface area (Å²) in [5, 5.41) is 26.8. The lowest BCUT2D eigenvalue weighted by atomic mass is 9.85. The summed E-state index contributed by atoms with van der Waals surface area (Å²) in [6, 6.07) is 22.8. The molecule has 0 bridgehead atoms. The highest BCUT2D eigenvalue weighted by Crippen LogP contribution is 2.34. The van der Waals surface area contributed by atoms with Crippen molar-refractivity contribution in [1.82, 2.24) is 10.6 Å². The largest absolute Gasteiger partial charge is 0.504 e. The number of nitrogens with two attached hydrogens (primary N) is 1. The third kappa shape index (κ3) is 14.2. The van der Waals surface area contributed by atoms with Gasteiger partial charge in [0.1, 0.15) is 5.78 Å². The van der Waals surface area contributed by atoms with Crippen LogP contribution in [-0.4, -0.2) is 54.8 Å². The van der Waals surface area contributed by atoms with Crippen molar-refractivity contribution in [2.45, 2.75) is 102 Å². The number of allylic oxidation sites excluding steroid dienone is 3. The first-order chi connectivity index (χ1) is 27.3. The second-order valence-corrected chi connectivity index (χ2v) is 15.7. The summed E-state index contributed by atoms with van der Waals surface area (Å²) in [6.07, 6.45) is 19.6. The molecule has 0 aliphatic carbocycles. The van der Waals surface area contributed by atoms with Crippen LogP contribution in [0.1, 0.15) is 98.4 Å². The van der Waals surface area contributed by atoms with Gasteiger partial charge in [0, 0.05) is 19.2 Å². The van der Waals surface area contributed by atoms with Crippen molar-refractivity contribution in [3.63, 3.8) is 0 Å². The zero-order valence-corrected chi connectivity index (χ0v) is 33.3. The summed E-state index contributed by atoms with van der Waals surface area (Å²) >= 11 is 0. The highest BCUT2D eigenvalue weighted by atomic mass is 16.5. The number of phenols is 1. The van der Waals surface area contributed by atoms with Crippen LogP contribution in [0, 0.1) is 11.8 Å². The van der Waals surface area contributed by atoms with Gasteiger partial charge in [0.05, 0.1) is 19.7 Å². The first-order valence-electron chi connectivity index (χ1n) is 20.8. The number of hydrogen-bond acceptors (Lipinski definition) is 8. The fourth-order valence-electron chi connectivity index (χ4n) is 8.09. The quantitative estimate of drug-likeness (QED) is 0.0486.